The van der Waals surface area contributed by atoms with Gasteiger partial charge in [0.1, 0.15) is 18.2 Å². The van der Waals surface area contributed by atoms with Crippen LogP contribution in [0.3, 0.4) is 0 Å². The maximum absolute atomic E-state index is 13.4. The standard InChI is InChI=1S/C36H40N6O4/c1-23-11-13-28(14-12-23)42-34(20-33(40-42)36(4,5)6)39-35(44)38-31-15-16-32(30-10-8-7-9-29(30)31)45-21-24(2)26-17-18-37-27(19-26)22-46-41-25(3)43/h7-20,24H,21-22H2,1-6H3,(H,41,43)(H2,38,39,44). The van der Waals surface area contributed by atoms with Crippen molar-refractivity contribution >= 4 is 34.2 Å². The Balaban J connectivity index is 1.30. The van der Waals surface area contributed by atoms with Crippen molar-refractivity contribution in [2.24, 2.45) is 0 Å². The molecule has 0 saturated carbocycles. The number of hydrogen-bond acceptors (Lipinski definition) is 6. The number of nitrogens with zero attached hydrogens (tertiary/aromatic N) is 3. The minimum Gasteiger partial charge on any atom is -0.492 e. The molecule has 5 aromatic rings. The molecule has 2 aromatic heterocycles. The van der Waals surface area contributed by atoms with Crippen LogP contribution in [-0.2, 0) is 21.7 Å². The largest absolute Gasteiger partial charge is 0.492 e. The Morgan fingerprint density at radius 2 is 1.67 bits per heavy atom. The lowest BCUT2D eigenvalue weighted by atomic mass is 9.92. The van der Waals surface area contributed by atoms with E-state index in [9.17, 15) is 9.59 Å². The van der Waals surface area contributed by atoms with Gasteiger partial charge >= 0.3 is 6.03 Å². The van der Waals surface area contributed by atoms with E-state index in [-0.39, 0.29) is 29.9 Å². The lowest BCUT2D eigenvalue weighted by molar-refractivity contribution is -0.132. The zero-order chi connectivity index (χ0) is 32.8. The Morgan fingerprint density at radius 3 is 2.39 bits per heavy atom. The highest BCUT2D eigenvalue weighted by atomic mass is 16.6. The molecule has 0 spiro atoms. The van der Waals surface area contributed by atoms with Crippen LogP contribution in [0.2, 0.25) is 0 Å². The molecule has 3 amide bonds. The smallest absolute Gasteiger partial charge is 0.324 e. The van der Waals surface area contributed by atoms with Gasteiger partial charge in [-0.25, -0.2) is 15.0 Å². The molecular weight excluding hydrogens is 580 g/mol. The van der Waals surface area contributed by atoms with Gasteiger partial charge in [0.15, 0.2) is 0 Å². The summed E-state index contributed by atoms with van der Waals surface area (Å²) in [4.78, 5) is 33.9. The van der Waals surface area contributed by atoms with Crippen LogP contribution in [0.4, 0.5) is 16.3 Å². The first-order valence-electron chi connectivity index (χ1n) is 15.2. The summed E-state index contributed by atoms with van der Waals surface area (Å²) in [6.07, 6.45) is 1.72. The van der Waals surface area contributed by atoms with Crippen LogP contribution in [0, 0.1) is 6.92 Å². The summed E-state index contributed by atoms with van der Waals surface area (Å²) < 4.78 is 8.06. The van der Waals surface area contributed by atoms with Gasteiger partial charge in [0.25, 0.3) is 0 Å². The van der Waals surface area contributed by atoms with Crippen molar-refractivity contribution in [1.82, 2.24) is 20.2 Å². The number of nitrogens with one attached hydrogen (secondary N) is 3. The Kier molecular flexibility index (Phi) is 9.67. The molecule has 3 N–H and O–H groups in total. The van der Waals surface area contributed by atoms with Crippen LogP contribution in [0.25, 0.3) is 16.5 Å². The number of aromatic nitrogens is 3. The maximum Gasteiger partial charge on any atom is 0.324 e. The van der Waals surface area contributed by atoms with Gasteiger partial charge in [0.05, 0.1) is 29.4 Å². The van der Waals surface area contributed by atoms with E-state index in [2.05, 4.69) is 48.8 Å². The fraction of sp³-hybridized carbons (Fsp3) is 0.278. The molecule has 10 nitrogen and oxygen atoms in total. The van der Waals surface area contributed by atoms with E-state index in [0.717, 1.165) is 33.3 Å². The Hall–Kier alpha value is -5.22. The molecule has 46 heavy (non-hydrogen) atoms. The minimum absolute atomic E-state index is 0.0567. The van der Waals surface area contributed by atoms with Crippen molar-refractivity contribution < 1.29 is 19.2 Å². The maximum atomic E-state index is 13.4. The third kappa shape index (κ3) is 7.89. The van der Waals surface area contributed by atoms with Gasteiger partial charge in [-0.1, -0.05) is 69.7 Å². The van der Waals surface area contributed by atoms with E-state index >= 15 is 0 Å². The average Bonchev–Trinajstić information content (AvgIpc) is 3.45. The molecule has 0 fully saturated rings. The molecule has 0 radical (unpaired) electrons. The average molecular weight is 621 g/mol. The number of pyridine rings is 1. The summed E-state index contributed by atoms with van der Waals surface area (Å²) in [7, 11) is 0. The van der Waals surface area contributed by atoms with Gasteiger partial charge in [-0.2, -0.15) is 5.10 Å². The second kappa shape index (κ2) is 13.8. The van der Waals surface area contributed by atoms with Crippen molar-refractivity contribution in [2.75, 3.05) is 17.2 Å². The predicted octanol–water partition coefficient (Wildman–Crippen LogP) is 7.42. The van der Waals surface area contributed by atoms with Crippen molar-refractivity contribution in [3.63, 3.8) is 0 Å². The monoisotopic (exact) mass is 620 g/mol. The summed E-state index contributed by atoms with van der Waals surface area (Å²) in [5.74, 6) is 1.07. The molecular formula is C36H40N6O4. The lowest BCUT2D eigenvalue weighted by Crippen LogP contribution is -2.21. The summed E-state index contributed by atoms with van der Waals surface area (Å²) in [5.41, 5.74) is 7.38. The lowest BCUT2D eigenvalue weighted by Gasteiger charge is -2.17. The van der Waals surface area contributed by atoms with Gasteiger partial charge in [0.2, 0.25) is 5.91 Å². The number of benzene rings is 3. The first kappa shape index (κ1) is 32.2. The molecule has 0 aliphatic rings. The van der Waals surface area contributed by atoms with Crippen molar-refractivity contribution in [2.45, 2.75) is 59.5 Å². The number of anilines is 2. The molecule has 0 bridgehead atoms. The van der Waals surface area contributed by atoms with E-state index in [1.54, 1.807) is 10.9 Å². The van der Waals surface area contributed by atoms with Crippen LogP contribution in [-0.4, -0.2) is 33.3 Å². The van der Waals surface area contributed by atoms with Gasteiger partial charge in [0, 0.05) is 41.3 Å². The number of aryl methyl sites for hydroxylation is 1. The summed E-state index contributed by atoms with van der Waals surface area (Å²) in [6, 6.07) is 25.0. The fourth-order valence-corrected chi connectivity index (χ4v) is 4.90. The summed E-state index contributed by atoms with van der Waals surface area (Å²) in [6.45, 7) is 12.4. The number of ether oxygens (including phenoxy) is 1. The van der Waals surface area contributed by atoms with Crippen LogP contribution in [0.1, 0.15) is 63.1 Å². The van der Waals surface area contributed by atoms with Crippen molar-refractivity contribution in [3.05, 3.63) is 108 Å². The highest BCUT2D eigenvalue weighted by Crippen LogP contribution is 2.33. The topological polar surface area (TPSA) is 119 Å². The number of fused-ring (bicyclic) bond motifs is 1. The quantitative estimate of drug-likeness (QED) is 0.140. The van der Waals surface area contributed by atoms with Crippen LogP contribution in [0.5, 0.6) is 5.75 Å². The molecule has 0 aliphatic carbocycles. The Morgan fingerprint density at radius 1 is 0.935 bits per heavy atom. The van der Waals surface area contributed by atoms with Gasteiger partial charge in [-0.05, 0) is 48.9 Å². The molecule has 5 rings (SSSR count). The molecule has 0 aliphatic heterocycles. The Bertz CT molecular complexity index is 1840. The number of rotatable bonds is 10. The predicted molar refractivity (Wildman–Crippen MR) is 180 cm³/mol. The number of amides is 3. The number of carbonyl (C=O) groups is 2. The van der Waals surface area contributed by atoms with E-state index in [1.165, 1.54) is 6.92 Å². The molecule has 1 atom stereocenters. The number of hydrogen-bond donors (Lipinski definition) is 3. The number of hydroxylamine groups is 1. The molecule has 3 aromatic carbocycles. The molecule has 0 saturated heterocycles. The van der Waals surface area contributed by atoms with E-state index in [0.29, 0.717) is 29.6 Å². The highest BCUT2D eigenvalue weighted by molar-refractivity contribution is 6.07. The van der Waals surface area contributed by atoms with Crippen LogP contribution >= 0.6 is 0 Å². The van der Waals surface area contributed by atoms with Crippen LogP contribution < -0.4 is 20.9 Å². The Labute approximate surface area is 269 Å². The normalized spacial score (nSPS) is 12.0. The third-order valence-corrected chi connectivity index (χ3v) is 7.46. The zero-order valence-electron chi connectivity index (χ0n) is 27.0. The zero-order valence-corrected chi connectivity index (χ0v) is 27.0. The SMILES string of the molecule is CC(=O)NOCc1cc(C(C)COc2ccc(NC(=O)Nc3cc(C(C)(C)C)nn3-c3ccc(C)cc3)c3ccccc23)ccn1. The molecule has 10 heteroatoms. The third-order valence-electron chi connectivity index (χ3n) is 7.46. The fourth-order valence-electron chi connectivity index (χ4n) is 4.90. The summed E-state index contributed by atoms with van der Waals surface area (Å²) >= 11 is 0. The van der Waals surface area contributed by atoms with E-state index in [4.69, 9.17) is 14.7 Å². The van der Waals surface area contributed by atoms with Gasteiger partial charge in [-0.15, -0.1) is 0 Å². The van der Waals surface area contributed by atoms with Crippen molar-refractivity contribution in [3.8, 4) is 11.4 Å². The first-order chi connectivity index (χ1) is 22.0. The molecule has 2 heterocycles. The van der Waals surface area contributed by atoms with E-state index in [1.807, 2.05) is 85.8 Å². The minimum atomic E-state index is -0.378. The summed E-state index contributed by atoms with van der Waals surface area (Å²) in [5, 5.41) is 12.6. The van der Waals surface area contributed by atoms with Crippen LogP contribution in [0.15, 0.2) is 85.1 Å². The second-order valence-corrected chi connectivity index (χ2v) is 12.4. The highest BCUT2D eigenvalue weighted by Gasteiger charge is 2.22. The van der Waals surface area contributed by atoms with E-state index < -0.39 is 0 Å². The molecule has 238 valence electrons. The van der Waals surface area contributed by atoms with Gasteiger partial charge < -0.3 is 10.1 Å². The number of carbonyl (C=O) groups excluding carboxylic acids is 2. The van der Waals surface area contributed by atoms with Crippen molar-refractivity contribution in [1.29, 1.82) is 0 Å². The first-order valence-corrected chi connectivity index (χ1v) is 15.2. The number of urea groups is 1. The molecule has 1 unspecified atom stereocenters. The van der Waals surface area contributed by atoms with Gasteiger partial charge in [-0.3, -0.25) is 19.9 Å². The second-order valence-electron chi connectivity index (χ2n) is 12.4.